The maximum absolute atomic E-state index is 12.6. The van der Waals surface area contributed by atoms with Crippen LogP contribution in [-0.2, 0) is 11.2 Å². The van der Waals surface area contributed by atoms with E-state index in [0.717, 1.165) is 25.2 Å². The molecule has 2 N–H and O–H groups in total. The van der Waals surface area contributed by atoms with Crippen LogP contribution in [0, 0.1) is 11.8 Å². The lowest BCUT2D eigenvalue weighted by molar-refractivity contribution is -0.146. The van der Waals surface area contributed by atoms with Crippen LogP contribution >= 0.6 is 0 Å². The highest BCUT2D eigenvalue weighted by Crippen LogP contribution is 2.49. The van der Waals surface area contributed by atoms with Crippen molar-refractivity contribution in [2.45, 2.75) is 62.9 Å². The van der Waals surface area contributed by atoms with Crippen molar-refractivity contribution in [1.82, 2.24) is 0 Å². The molecule has 0 spiro atoms. The Kier molecular flexibility index (Phi) is 3.30. The van der Waals surface area contributed by atoms with Gasteiger partial charge in [-0.05, 0) is 73.1 Å². The Morgan fingerprint density at radius 2 is 2.05 bits per heavy atom. The monoisotopic (exact) mass is 300 g/mol. The van der Waals surface area contributed by atoms with E-state index >= 15 is 0 Å². The fourth-order valence-corrected chi connectivity index (χ4v) is 4.52. The van der Waals surface area contributed by atoms with Crippen molar-refractivity contribution in [2.24, 2.45) is 11.8 Å². The van der Waals surface area contributed by atoms with Crippen molar-refractivity contribution in [3.8, 4) is 5.75 Å². The first kappa shape index (κ1) is 14.3. The molecule has 0 heterocycles. The lowest BCUT2D eigenvalue weighted by Gasteiger charge is -2.43. The van der Waals surface area contributed by atoms with Gasteiger partial charge < -0.3 is 10.2 Å². The Labute approximate surface area is 131 Å². The molecule has 0 bridgehead atoms. The molecule has 1 aromatic carbocycles. The molecule has 2 unspecified atom stereocenters. The summed E-state index contributed by atoms with van der Waals surface area (Å²) in [5.74, 6) is 1.73. The number of ketones is 1. The normalized spacial score (nSPS) is 34.1. The van der Waals surface area contributed by atoms with E-state index in [4.69, 9.17) is 0 Å². The molecule has 3 heteroatoms. The van der Waals surface area contributed by atoms with Gasteiger partial charge in [-0.2, -0.15) is 0 Å². The van der Waals surface area contributed by atoms with Crippen molar-refractivity contribution >= 4 is 5.78 Å². The predicted molar refractivity (Wildman–Crippen MR) is 83.8 cm³/mol. The van der Waals surface area contributed by atoms with Crippen LogP contribution in [0.5, 0.6) is 5.75 Å². The average Bonchev–Trinajstić information content (AvgIpc) is 3.31. The van der Waals surface area contributed by atoms with Crippen molar-refractivity contribution < 1.29 is 15.0 Å². The van der Waals surface area contributed by atoms with Crippen molar-refractivity contribution in [1.29, 1.82) is 0 Å². The third kappa shape index (κ3) is 2.45. The minimum absolute atomic E-state index is 0.0373. The van der Waals surface area contributed by atoms with Gasteiger partial charge in [-0.3, -0.25) is 4.79 Å². The number of aryl methyl sites for hydroxylation is 1. The second kappa shape index (κ2) is 5.09. The lowest BCUT2D eigenvalue weighted by atomic mass is 9.62. The van der Waals surface area contributed by atoms with Crippen LogP contribution in [0.4, 0.5) is 0 Å². The van der Waals surface area contributed by atoms with E-state index < -0.39 is 5.60 Å². The maximum Gasteiger partial charge on any atom is 0.164 e. The number of Topliss-reactive ketones (excluding diaryl/α,β-unsaturated/α-hetero) is 1. The minimum Gasteiger partial charge on any atom is -0.508 e. The first-order valence-corrected chi connectivity index (χ1v) is 8.63. The molecule has 22 heavy (non-hydrogen) atoms. The van der Waals surface area contributed by atoms with E-state index in [9.17, 15) is 15.0 Å². The summed E-state index contributed by atoms with van der Waals surface area (Å²) in [6.07, 6.45) is 7.25. The summed E-state index contributed by atoms with van der Waals surface area (Å²) in [6.45, 7) is 0. The highest BCUT2D eigenvalue weighted by molar-refractivity contribution is 5.89. The topological polar surface area (TPSA) is 57.5 Å². The number of fused-ring (bicyclic) bond motifs is 3. The highest BCUT2D eigenvalue weighted by atomic mass is 16.3. The lowest BCUT2D eigenvalue weighted by Crippen LogP contribution is -2.47. The molecule has 4 rings (SSSR count). The van der Waals surface area contributed by atoms with Gasteiger partial charge in [-0.25, -0.2) is 0 Å². The minimum atomic E-state index is -1.07. The molecule has 3 aliphatic rings. The zero-order chi connectivity index (χ0) is 15.3. The van der Waals surface area contributed by atoms with Gasteiger partial charge in [0, 0.05) is 6.42 Å². The summed E-state index contributed by atoms with van der Waals surface area (Å²) < 4.78 is 0. The SMILES string of the molecule is O=C1CC2c3ccc(O)cc3CC[C@@H]2CC1(O)CCC1CC1. The number of rotatable bonds is 3. The number of aromatic hydroxyl groups is 1. The quantitative estimate of drug-likeness (QED) is 0.900. The van der Waals surface area contributed by atoms with Gasteiger partial charge in [-0.1, -0.05) is 18.9 Å². The molecule has 3 atom stereocenters. The molecule has 0 radical (unpaired) electrons. The second-order valence-electron chi connectivity index (χ2n) is 7.63. The first-order chi connectivity index (χ1) is 10.5. The average molecular weight is 300 g/mol. The molecule has 0 amide bonds. The number of carbonyl (C=O) groups excluding carboxylic acids is 1. The second-order valence-corrected chi connectivity index (χ2v) is 7.63. The van der Waals surface area contributed by atoms with Crippen molar-refractivity contribution in [3.63, 3.8) is 0 Å². The van der Waals surface area contributed by atoms with E-state index in [-0.39, 0.29) is 11.7 Å². The van der Waals surface area contributed by atoms with Crippen LogP contribution in [0.1, 0.15) is 62.0 Å². The van der Waals surface area contributed by atoms with E-state index in [1.807, 2.05) is 12.1 Å². The number of phenols is 1. The largest absolute Gasteiger partial charge is 0.508 e. The molecule has 0 aliphatic heterocycles. The van der Waals surface area contributed by atoms with Crippen molar-refractivity contribution in [2.75, 3.05) is 0 Å². The molecule has 2 saturated carbocycles. The predicted octanol–water partition coefficient (Wildman–Crippen LogP) is 3.32. The number of carbonyl (C=O) groups is 1. The number of phenolic OH excluding ortho intramolecular Hbond substituents is 1. The Morgan fingerprint density at radius 1 is 1.23 bits per heavy atom. The van der Waals surface area contributed by atoms with Crippen LogP contribution in [-0.4, -0.2) is 21.6 Å². The number of hydrogen-bond donors (Lipinski definition) is 2. The molecule has 0 saturated heterocycles. The summed E-state index contributed by atoms with van der Waals surface area (Å²) in [5.41, 5.74) is 1.32. The first-order valence-electron chi connectivity index (χ1n) is 8.63. The molecular formula is C19H24O3. The van der Waals surface area contributed by atoms with Crippen LogP contribution in [0.2, 0.25) is 0 Å². The molecular weight excluding hydrogens is 276 g/mol. The Morgan fingerprint density at radius 3 is 2.82 bits per heavy atom. The van der Waals surface area contributed by atoms with Gasteiger partial charge >= 0.3 is 0 Å². The van der Waals surface area contributed by atoms with Gasteiger partial charge in [-0.15, -0.1) is 0 Å². The van der Waals surface area contributed by atoms with Gasteiger partial charge in [0.2, 0.25) is 0 Å². The van der Waals surface area contributed by atoms with E-state index in [0.29, 0.717) is 30.9 Å². The van der Waals surface area contributed by atoms with Gasteiger partial charge in [0.15, 0.2) is 5.78 Å². The Balaban J connectivity index is 1.55. The zero-order valence-corrected chi connectivity index (χ0v) is 12.9. The van der Waals surface area contributed by atoms with Crippen LogP contribution < -0.4 is 0 Å². The van der Waals surface area contributed by atoms with Crippen LogP contribution in [0.15, 0.2) is 18.2 Å². The molecule has 118 valence electrons. The van der Waals surface area contributed by atoms with E-state index in [1.165, 1.54) is 24.0 Å². The molecule has 0 aromatic heterocycles. The molecule has 3 nitrogen and oxygen atoms in total. The molecule has 3 aliphatic carbocycles. The fourth-order valence-electron chi connectivity index (χ4n) is 4.52. The summed E-state index contributed by atoms with van der Waals surface area (Å²) in [5, 5.41) is 20.5. The van der Waals surface area contributed by atoms with Crippen molar-refractivity contribution in [3.05, 3.63) is 29.3 Å². The van der Waals surface area contributed by atoms with E-state index in [2.05, 4.69) is 0 Å². The van der Waals surface area contributed by atoms with Gasteiger partial charge in [0.05, 0.1) is 0 Å². The summed E-state index contributed by atoms with van der Waals surface area (Å²) in [4.78, 5) is 12.6. The van der Waals surface area contributed by atoms with E-state index in [1.54, 1.807) is 6.07 Å². The Bertz CT molecular complexity index is 605. The molecule has 2 fully saturated rings. The Hall–Kier alpha value is -1.35. The fraction of sp³-hybridized carbons (Fsp3) is 0.632. The smallest absolute Gasteiger partial charge is 0.164 e. The van der Waals surface area contributed by atoms with Crippen LogP contribution in [0.25, 0.3) is 0 Å². The number of hydrogen-bond acceptors (Lipinski definition) is 3. The van der Waals surface area contributed by atoms with Gasteiger partial charge in [0.1, 0.15) is 11.4 Å². The summed E-state index contributed by atoms with van der Waals surface area (Å²) >= 11 is 0. The third-order valence-corrected chi connectivity index (χ3v) is 6.07. The maximum atomic E-state index is 12.6. The highest BCUT2D eigenvalue weighted by Gasteiger charge is 2.47. The third-order valence-electron chi connectivity index (χ3n) is 6.07. The number of benzene rings is 1. The van der Waals surface area contributed by atoms with Gasteiger partial charge in [0.25, 0.3) is 0 Å². The number of aliphatic hydroxyl groups is 1. The molecule has 1 aromatic rings. The van der Waals surface area contributed by atoms with Crippen LogP contribution in [0.3, 0.4) is 0 Å². The summed E-state index contributed by atoms with van der Waals surface area (Å²) in [7, 11) is 0. The summed E-state index contributed by atoms with van der Waals surface area (Å²) in [6, 6.07) is 5.53. The standard InChI is InChI=1S/C19H24O3/c20-15-5-6-16-13(9-15)3-4-14-11-19(22,8-7-12-1-2-12)18(21)10-17(14)16/h5-6,9,12,14,17,20,22H,1-4,7-8,10-11H2/t14-,17?,19?/m1/s1. The zero-order valence-electron chi connectivity index (χ0n) is 12.9.